The van der Waals surface area contributed by atoms with Gasteiger partial charge in [-0.1, -0.05) is 26.2 Å². The normalized spacial score (nSPS) is 21.9. The minimum Gasteiger partial charge on any atom is -0.377 e. The third-order valence-electron chi connectivity index (χ3n) is 3.74. The van der Waals surface area contributed by atoms with E-state index in [1.54, 1.807) is 0 Å². The van der Waals surface area contributed by atoms with Gasteiger partial charge in [-0.05, 0) is 45.6 Å². The maximum Gasteiger partial charge on any atom is 0.0697 e. The maximum absolute atomic E-state index is 5.98. The maximum atomic E-state index is 5.98. The Kier molecular flexibility index (Phi) is 7.06. The van der Waals surface area contributed by atoms with Gasteiger partial charge in [-0.3, -0.25) is 0 Å². The summed E-state index contributed by atoms with van der Waals surface area (Å²) in [5.41, 5.74) is 0. The molecular formula is C14H29NO. The van der Waals surface area contributed by atoms with Crippen LogP contribution in [0.2, 0.25) is 0 Å². The predicted molar refractivity (Wildman–Crippen MR) is 69.7 cm³/mol. The van der Waals surface area contributed by atoms with Crippen molar-refractivity contribution in [1.29, 1.82) is 0 Å². The van der Waals surface area contributed by atoms with Crippen molar-refractivity contribution in [3.63, 3.8) is 0 Å². The molecule has 0 aliphatic heterocycles. The summed E-state index contributed by atoms with van der Waals surface area (Å²) in [7, 11) is 0. The van der Waals surface area contributed by atoms with Crippen molar-refractivity contribution >= 4 is 0 Å². The minimum atomic E-state index is 0.341. The second-order valence-corrected chi connectivity index (χ2v) is 5.29. The average molecular weight is 227 g/mol. The van der Waals surface area contributed by atoms with Gasteiger partial charge < -0.3 is 10.1 Å². The van der Waals surface area contributed by atoms with Crippen molar-refractivity contribution in [2.75, 3.05) is 13.2 Å². The summed E-state index contributed by atoms with van der Waals surface area (Å²) in [5, 5.41) is 3.49. The molecule has 1 aliphatic carbocycles. The minimum absolute atomic E-state index is 0.341. The van der Waals surface area contributed by atoms with E-state index in [4.69, 9.17) is 4.74 Å². The monoisotopic (exact) mass is 227 g/mol. The van der Waals surface area contributed by atoms with Crippen LogP contribution in [-0.4, -0.2) is 25.3 Å². The lowest BCUT2D eigenvalue weighted by atomic mass is 9.90. The molecule has 1 N–H and O–H groups in total. The highest BCUT2D eigenvalue weighted by molar-refractivity contribution is 4.70. The highest BCUT2D eigenvalue weighted by atomic mass is 16.5. The van der Waals surface area contributed by atoms with Crippen LogP contribution in [0.5, 0.6) is 0 Å². The fourth-order valence-corrected chi connectivity index (χ4v) is 2.32. The van der Waals surface area contributed by atoms with Crippen LogP contribution >= 0.6 is 0 Å². The molecule has 1 aliphatic rings. The van der Waals surface area contributed by atoms with Gasteiger partial charge >= 0.3 is 0 Å². The Labute approximate surface area is 101 Å². The molecule has 2 heteroatoms. The summed E-state index contributed by atoms with van der Waals surface area (Å²) in [5.74, 6) is 0.828. The number of hydrogen-bond donors (Lipinski definition) is 1. The summed E-state index contributed by atoms with van der Waals surface area (Å²) in [6.07, 6.45) is 8.54. The van der Waals surface area contributed by atoms with Gasteiger partial charge in [0.1, 0.15) is 0 Å². The van der Waals surface area contributed by atoms with Crippen molar-refractivity contribution in [3.05, 3.63) is 0 Å². The Morgan fingerprint density at radius 1 is 1.19 bits per heavy atom. The van der Waals surface area contributed by atoms with Crippen LogP contribution in [0.4, 0.5) is 0 Å². The molecule has 0 heterocycles. The van der Waals surface area contributed by atoms with E-state index in [1.165, 1.54) is 38.5 Å². The second-order valence-electron chi connectivity index (χ2n) is 5.29. The zero-order valence-electron chi connectivity index (χ0n) is 11.3. The summed E-state index contributed by atoms with van der Waals surface area (Å²) < 4.78 is 5.98. The van der Waals surface area contributed by atoms with Crippen LogP contribution in [0.1, 0.15) is 59.3 Å². The quantitative estimate of drug-likeness (QED) is 0.720. The summed E-state index contributed by atoms with van der Waals surface area (Å²) in [6, 6.07) is 0.476. The zero-order valence-corrected chi connectivity index (χ0v) is 11.3. The van der Waals surface area contributed by atoms with E-state index in [9.17, 15) is 0 Å². The van der Waals surface area contributed by atoms with Crippen LogP contribution in [0, 0.1) is 5.92 Å². The molecule has 0 radical (unpaired) electrons. The van der Waals surface area contributed by atoms with Crippen molar-refractivity contribution in [3.8, 4) is 0 Å². The van der Waals surface area contributed by atoms with E-state index >= 15 is 0 Å². The molecule has 0 aromatic rings. The first-order valence-electron chi connectivity index (χ1n) is 7.09. The third kappa shape index (κ3) is 5.31. The Morgan fingerprint density at radius 3 is 2.50 bits per heavy atom. The molecular weight excluding hydrogens is 198 g/mol. The molecule has 16 heavy (non-hydrogen) atoms. The first-order chi connectivity index (χ1) is 7.74. The lowest BCUT2D eigenvalue weighted by molar-refractivity contribution is 0.0135. The third-order valence-corrected chi connectivity index (χ3v) is 3.74. The fraction of sp³-hybridized carbons (Fsp3) is 1.00. The molecule has 1 rings (SSSR count). The summed E-state index contributed by atoms with van der Waals surface area (Å²) in [6.45, 7) is 8.68. The smallest absolute Gasteiger partial charge is 0.0697 e. The Morgan fingerprint density at radius 2 is 1.88 bits per heavy atom. The summed E-state index contributed by atoms with van der Waals surface area (Å²) >= 11 is 0. The molecule has 0 bridgehead atoms. The highest BCUT2D eigenvalue weighted by Crippen LogP contribution is 2.24. The highest BCUT2D eigenvalue weighted by Gasteiger charge is 2.17. The average Bonchev–Trinajstić information content (AvgIpc) is 2.34. The largest absolute Gasteiger partial charge is 0.377 e. The molecule has 1 fully saturated rings. The number of rotatable bonds is 7. The van der Waals surface area contributed by atoms with Crippen LogP contribution in [0.15, 0.2) is 0 Å². The molecule has 0 aromatic carbocycles. The molecule has 1 saturated carbocycles. The van der Waals surface area contributed by atoms with Crippen LogP contribution in [0.25, 0.3) is 0 Å². The molecule has 0 amide bonds. The van der Waals surface area contributed by atoms with Gasteiger partial charge in [-0.15, -0.1) is 0 Å². The first-order valence-corrected chi connectivity index (χ1v) is 7.09. The van der Waals surface area contributed by atoms with Crippen LogP contribution < -0.4 is 5.32 Å². The van der Waals surface area contributed by atoms with E-state index in [2.05, 4.69) is 26.1 Å². The van der Waals surface area contributed by atoms with Crippen molar-refractivity contribution < 1.29 is 4.74 Å². The van der Waals surface area contributed by atoms with Gasteiger partial charge in [0.15, 0.2) is 0 Å². The molecule has 2 atom stereocenters. The van der Waals surface area contributed by atoms with E-state index in [1.807, 2.05) is 0 Å². The molecule has 0 aromatic heterocycles. The summed E-state index contributed by atoms with van der Waals surface area (Å²) in [4.78, 5) is 0. The SMILES string of the molecule is CCCNC(C)C(C)OCC1CCCCC1. The van der Waals surface area contributed by atoms with E-state index in [0.29, 0.717) is 12.1 Å². The van der Waals surface area contributed by atoms with Crippen molar-refractivity contribution in [2.45, 2.75) is 71.4 Å². The van der Waals surface area contributed by atoms with Gasteiger partial charge in [-0.2, -0.15) is 0 Å². The molecule has 96 valence electrons. The standard InChI is InChI=1S/C14H29NO/c1-4-10-15-12(2)13(3)16-11-14-8-6-5-7-9-14/h12-15H,4-11H2,1-3H3. The lowest BCUT2D eigenvalue weighted by Gasteiger charge is -2.26. The van der Waals surface area contributed by atoms with E-state index in [0.717, 1.165) is 19.1 Å². The van der Waals surface area contributed by atoms with E-state index < -0.39 is 0 Å². The predicted octanol–water partition coefficient (Wildman–Crippen LogP) is 3.36. The van der Waals surface area contributed by atoms with Crippen molar-refractivity contribution in [2.24, 2.45) is 5.92 Å². The van der Waals surface area contributed by atoms with Gasteiger partial charge in [0.2, 0.25) is 0 Å². The van der Waals surface area contributed by atoms with Gasteiger partial charge in [0.05, 0.1) is 6.10 Å². The fourth-order valence-electron chi connectivity index (χ4n) is 2.32. The Bertz CT molecular complexity index is 166. The number of nitrogens with one attached hydrogen (secondary N) is 1. The molecule has 2 nitrogen and oxygen atoms in total. The van der Waals surface area contributed by atoms with Gasteiger partial charge in [0.25, 0.3) is 0 Å². The Hall–Kier alpha value is -0.0800. The van der Waals surface area contributed by atoms with E-state index in [-0.39, 0.29) is 0 Å². The van der Waals surface area contributed by atoms with Gasteiger partial charge in [-0.25, -0.2) is 0 Å². The molecule has 2 unspecified atom stereocenters. The second kappa shape index (κ2) is 8.08. The van der Waals surface area contributed by atoms with Gasteiger partial charge in [0, 0.05) is 12.6 Å². The molecule has 0 spiro atoms. The first kappa shape index (κ1) is 14.0. The Balaban J connectivity index is 2.10. The molecule has 0 saturated heterocycles. The van der Waals surface area contributed by atoms with Crippen molar-refractivity contribution in [1.82, 2.24) is 5.32 Å². The topological polar surface area (TPSA) is 21.3 Å². The number of ether oxygens (including phenoxy) is 1. The van der Waals surface area contributed by atoms with Crippen LogP contribution in [-0.2, 0) is 4.74 Å². The number of hydrogen-bond acceptors (Lipinski definition) is 2. The lowest BCUT2D eigenvalue weighted by Crippen LogP contribution is -2.38. The van der Waals surface area contributed by atoms with Crippen LogP contribution in [0.3, 0.4) is 0 Å². The zero-order chi connectivity index (χ0) is 11.8.